The molecule has 0 radical (unpaired) electrons. The first kappa shape index (κ1) is 16.7. The topological polar surface area (TPSA) is 81.3 Å². The van der Waals surface area contributed by atoms with Gasteiger partial charge in [-0.05, 0) is 49.6 Å². The lowest BCUT2D eigenvalue weighted by Gasteiger charge is -2.12. The van der Waals surface area contributed by atoms with E-state index in [1.807, 2.05) is 26.0 Å². The summed E-state index contributed by atoms with van der Waals surface area (Å²) < 4.78 is 6.39. The maximum atomic E-state index is 12.4. The second kappa shape index (κ2) is 6.39. The van der Waals surface area contributed by atoms with Gasteiger partial charge in [0.05, 0.1) is 6.42 Å². The van der Waals surface area contributed by atoms with Gasteiger partial charge in [0.25, 0.3) is 5.56 Å². The van der Waals surface area contributed by atoms with Crippen LogP contribution in [0, 0.1) is 20.8 Å². The summed E-state index contributed by atoms with van der Waals surface area (Å²) in [7, 11) is 0. The minimum absolute atomic E-state index is 0.0368. The van der Waals surface area contributed by atoms with Gasteiger partial charge in [-0.15, -0.1) is 0 Å². The van der Waals surface area contributed by atoms with Gasteiger partial charge < -0.3 is 4.42 Å². The molecular weight excluding hydrogens is 320 g/mol. The van der Waals surface area contributed by atoms with Crippen molar-refractivity contribution in [3.05, 3.63) is 79.6 Å². The Bertz CT molecular complexity index is 1090. The van der Waals surface area contributed by atoms with Crippen molar-refractivity contribution in [2.75, 3.05) is 5.43 Å². The molecule has 1 aromatic carbocycles. The van der Waals surface area contributed by atoms with Crippen LogP contribution in [-0.2, 0) is 11.2 Å². The van der Waals surface area contributed by atoms with Gasteiger partial charge in [0.15, 0.2) is 0 Å². The monoisotopic (exact) mass is 338 g/mol. The SMILES string of the molecule is Cc1cc(C)n(NC(=O)Cc2cc(=O)oc3cc(C)ccc23)c(=O)c1. The largest absolute Gasteiger partial charge is 0.423 e. The lowest BCUT2D eigenvalue weighted by Crippen LogP contribution is -2.35. The van der Waals surface area contributed by atoms with Crippen LogP contribution in [-0.4, -0.2) is 10.6 Å². The third-order valence-electron chi connectivity index (χ3n) is 3.93. The predicted octanol–water partition coefficient (Wildman–Crippen LogP) is 2.19. The molecule has 3 aromatic rings. The highest BCUT2D eigenvalue weighted by Gasteiger charge is 2.12. The molecule has 0 atom stereocenters. The Morgan fingerprint density at radius 1 is 1.04 bits per heavy atom. The molecular formula is C19H18N2O4. The Labute approximate surface area is 143 Å². The van der Waals surface area contributed by atoms with E-state index in [2.05, 4.69) is 5.43 Å². The fraction of sp³-hybridized carbons (Fsp3) is 0.211. The van der Waals surface area contributed by atoms with Crippen molar-refractivity contribution in [1.29, 1.82) is 0 Å². The summed E-state index contributed by atoms with van der Waals surface area (Å²) in [6.07, 6.45) is -0.0368. The summed E-state index contributed by atoms with van der Waals surface area (Å²) in [5.74, 6) is -0.387. The molecule has 0 unspecified atom stereocenters. The average Bonchev–Trinajstić information content (AvgIpc) is 2.50. The molecule has 128 valence electrons. The Morgan fingerprint density at radius 2 is 1.80 bits per heavy atom. The van der Waals surface area contributed by atoms with Gasteiger partial charge in [-0.1, -0.05) is 12.1 Å². The number of aryl methyl sites for hydroxylation is 3. The molecule has 0 saturated heterocycles. The fourth-order valence-corrected chi connectivity index (χ4v) is 2.83. The summed E-state index contributed by atoms with van der Waals surface area (Å²) >= 11 is 0. The van der Waals surface area contributed by atoms with E-state index in [1.54, 1.807) is 19.1 Å². The second-order valence-electron chi connectivity index (χ2n) is 6.15. The number of nitrogens with one attached hydrogen (secondary N) is 1. The maximum absolute atomic E-state index is 12.4. The van der Waals surface area contributed by atoms with Gasteiger partial charge in [-0.25, -0.2) is 9.47 Å². The third-order valence-corrected chi connectivity index (χ3v) is 3.93. The summed E-state index contributed by atoms with van der Waals surface area (Å²) in [6.45, 7) is 5.45. The maximum Gasteiger partial charge on any atom is 0.336 e. The van der Waals surface area contributed by atoms with Crippen LogP contribution in [0.15, 0.2) is 50.4 Å². The van der Waals surface area contributed by atoms with E-state index in [0.29, 0.717) is 22.2 Å². The van der Waals surface area contributed by atoms with Crippen molar-refractivity contribution in [3.63, 3.8) is 0 Å². The molecule has 25 heavy (non-hydrogen) atoms. The molecule has 6 nitrogen and oxygen atoms in total. The summed E-state index contributed by atoms with van der Waals surface area (Å²) in [4.78, 5) is 36.2. The van der Waals surface area contributed by atoms with Gasteiger partial charge >= 0.3 is 5.63 Å². The van der Waals surface area contributed by atoms with Crippen LogP contribution in [0.1, 0.15) is 22.4 Å². The Morgan fingerprint density at radius 3 is 2.52 bits per heavy atom. The Balaban J connectivity index is 1.93. The van der Waals surface area contributed by atoms with E-state index in [0.717, 1.165) is 11.1 Å². The first-order valence-electron chi connectivity index (χ1n) is 7.87. The molecule has 1 amide bonds. The molecule has 0 aliphatic heterocycles. The average molecular weight is 338 g/mol. The van der Waals surface area contributed by atoms with Crippen LogP contribution in [0.25, 0.3) is 11.0 Å². The first-order valence-corrected chi connectivity index (χ1v) is 7.87. The Hall–Kier alpha value is -3.15. The zero-order valence-corrected chi connectivity index (χ0v) is 14.3. The summed E-state index contributed by atoms with van der Waals surface area (Å²) in [5, 5.41) is 0.702. The number of nitrogens with zero attached hydrogens (tertiary/aromatic N) is 1. The molecule has 0 spiro atoms. The zero-order valence-electron chi connectivity index (χ0n) is 14.3. The number of pyridine rings is 1. The molecule has 2 heterocycles. The summed E-state index contributed by atoms with van der Waals surface area (Å²) in [6, 6.07) is 10.0. The number of hydrogen-bond donors (Lipinski definition) is 1. The number of rotatable bonds is 3. The number of carbonyl (C=O) groups is 1. The number of amides is 1. The molecule has 0 fully saturated rings. The minimum atomic E-state index is -0.510. The smallest absolute Gasteiger partial charge is 0.336 e. The number of aromatic nitrogens is 1. The van der Waals surface area contributed by atoms with Gasteiger partial charge in [0, 0.05) is 23.2 Å². The number of fused-ring (bicyclic) bond motifs is 1. The number of carbonyl (C=O) groups excluding carboxylic acids is 1. The highest BCUT2D eigenvalue weighted by Crippen LogP contribution is 2.19. The first-order chi connectivity index (χ1) is 11.8. The lowest BCUT2D eigenvalue weighted by molar-refractivity contribution is -0.116. The standard InChI is InChI=1S/C19H18N2O4/c1-11-4-5-15-14(10-19(24)25-16(15)7-11)9-17(22)20-21-13(3)6-12(2)8-18(21)23/h4-8,10H,9H2,1-3H3,(H,20,22). The molecule has 2 aromatic heterocycles. The van der Waals surface area contributed by atoms with Crippen LogP contribution < -0.4 is 16.6 Å². The normalized spacial score (nSPS) is 10.8. The van der Waals surface area contributed by atoms with E-state index in [1.165, 1.54) is 16.8 Å². The second-order valence-corrected chi connectivity index (χ2v) is 6.15. The molecule has 1 N–H and O–H groups in total. The molecule has 0 aliphatic carbocycles. The van der Waals surface area contributed by atoms with E-state index < -0.39 is 5.63 Å². The number of benzene rings is 1. The molecule has 0 aliphatic rings. The van der Waals surface area contributed by atoms with E-state index in [4.69, 9.17) is 4.42 Å². The predicted molar refractivity (Wildman–Crippen MR) is 95.5 cm³/mol. The summed E-state index contributed by atoms with van der Waals surface area (Å²) in [5.41, 5.74) is 5.18. The van der Waals surface area contributed by atoms with E-state index in [9.17, 15) is 14.4 Å². The van der Waals surface area contributed by atoms with Crippen LogP contribution in [0.4, 0.5) is 0 Å². The van der Waals surface area contributed by atoms with Gasteiger partial charge in [0.2, 0.25) is 5.91 Å². The van der Waals surface area contributed by atoms with E-state index >= 15 is 0 Å². The van der Waals surface area contributed by atoms with Gasteiger partial charge in [-0.3, -0.25) is 15.0 Å². The lowest BCUT2D eigenvalue weighted by atomic mass is 10.1. The molecule has 0 saturated carbocycles. The minimum Gasteiger partial charge on any atom is -0.423 e. The van der Waals surface area contributed by atoms with Crippen LogP contribution >= 0.6 is 0 Å². The van der Waals surface area contributed by atoms with Crippen LogP contribution in [0.5, 0.6) is 0 Å². The molecule has 0 bridgehead atoms. The van der Waals surface area contributed by atoms with Crippen molar-refractivity contribution in [3.8, 4) is 0 Å². The van der Waals surface area contributed by atoms with Crippen molar-refractivity contribution >= 4 is 16.9 Å². The van der Waals surface area contributed by atoms with Crippen molar-refractivity contribution in [2.45, 2.75) is 27.2 Å². The quantitative estimate of drug-likeness (QED) is 0.742. The van der Waals surface area contributed by atoms with Crippen molar-refractivity contribution < 1.29 is 9.21 Å². The number of hydrogen-bond acceptors (Lipinski definition) is 4. The van der Waals surface area contributed by atoms with Gasteiger partial charge in [0.1, 0.15) is 5.58 Å². The molecule has 6 heteroatoms. The van der Waals surface area contributed by atoms with Gasteiger partial charge in [-0.2, -0.15) is 0 Å². The van der Waals surface area contributed by atoms with Crippen molar-refractivity contribution in [2.24, 2.45) is 0 Å². The highest BCUT2D eigenvalue weighted by atomic mass is 16.4. The van der Waals surface area contributed by atoms with Crippen molar-refractivity contribution in [1.82, 2.24) is 4.68 Å². The molecule has 3 rings (SSSR count). The Kier molecular flexibility index (Phi) is 4.27. The highest BCUT2D eigenvalue weighted by molar-refractivity contribution is 5.90. The van der Waals surface area contributed by atoms with E-state index in [-0.39, 0.29) is 17.9 Å². The fourth-order valence-electron chi connectivity index (χ4n) is 2.83. The zero-order chi connectivity index (χ0) is 18.1. The van der Waals surface area contributed by atoms with Crippen LogP contribution in [0.2, 0.25) is 0 Å². The van der Waals surface area contributed by atoms with Crippen LogP contribution in [0.3, 0.4) is 0 Å². The third kappa shape index (κ3) is 3.52.